The standard InChI is InChI=1S/C13H22O3/c1-12(2,3)16-5-4-13(11(14)15)7-9-6-10(9)8-13/h9-10H,4-8H2,1-3H3,(H,14,15). The number of carbonyl (C=O) groups is 1. The van der Waals surface area contributed by atoms with Gasteiger partial charge in [0.2, 0.25) is 0 Å². The van der Waals surface area contributed by atoms with E-state index in [2.05, 4.69) is 0 Å². The summed E-state index contributed by atoms with van der Waals surface area (Å²) in [6.45, 7) is 6.58. The van der Waals surface area contributed by atoms with Gasteiger partial charge in [-0.05, 0) is 58.3 Å². The molecule has 2 unspecified atom stereocenters. The van der Waals surface area contributed by atoms with E-state index in [1.54, 1.807) is 0 Å². The first-order valence-electron chi connectivity index (χ1n) is 6.20. The third-order valence-electron chi connectivity index (χ3n) is 3.94. The van der Waals surface area contributed by atoms with E-state index in [0.717, 1.165) is 12.8 Å². The average Bonchev–Trinajstić information content (AvgIpc) is 2.72. The molecule has 3 heteroatoms. The van der Waals surface area contributed by atoms with Crippen molar-refractivity contribution in [2.45, 2.75) is 52.1 Å². The largest absolute Gasteiger partial charge is 0.481 e. The molecule has 1 N–H and O–H groups in total. The smallest absolute Gasteiger partial charge is 0.309 e. The van der Waals surface area contributed by atoms with Crippen molar-refractivity contribution in [2.24, 2.45) is 17.3 Å². The summed E-state index contributed by atoms with van der Waals surface area (Å²) in [4.78, 5) is 11.4. The molecular formula is C13H22O3. The quantitative estimate of drug-likeness (QED) is 0.801. The van der Waals surface area contributed by atoms with Crippen molar-refractivity contribution in [3.8, 4) is 0 Å². The number of hydrogen-bond acceptors (Lipinski definition) is 2. The molecule has 0 aliphatic heterocycles. The van der Waals surface area contributed by atoms with Crippen LogP contribution in [0.5, 0.6) is 0 Å². The lowest BCUT2D eigenvalue weighted by atomic mass is 9.80. The summed E-state index contributed by atoms with van der Waals surface area (Å²) < 4.78 is 5.65. The molecule has 0 radical (unpaired) electrons. The summed E-state index contributed by atoms with van der Waals surface area (Å²) in [7, 11) is 0. The second-order valence-electron chi connectivity index (χ2n) is 6.46. The Morgan fingerprint density at radius 2 is 1.94 bits per heavy atom. The van der Waals surface area contributed by atoms with Gasteiger partial charge >= 0.3 is 5.97 Å². The summed E-state index contributed by atoms with van der Waals surface area (Å²) in [6.07, 6.45) is 3.68. The van der Waals surface area contributed by atoms with Crippen molar-refractivity contribution in [3.05, 3.63) is 0 Å². The Balaban J connectivity index is 1.87. The Morgan fingerprint density at radius 3 is 2.38 bits per heavy atom. The molecule has 0 aromatic heterocycles. The van der Waals surface area contributed by atoms with E-state index in [-0.39, 0.29) is 5.60 Å². The fourth-order valence-electron chi connectivity index (χ4n) is 2.94. The van der Waals surface area contributed by atoms with Crippen LogP contribution in [0.4, 0.5) is 0 Å². The van der Waals surface area contributed by atoms with Crippen molar-refractivity contribution in [1.82, 2.24) is 0 Å². The maximum Gasteiger partial charge on any atom is 0.309 e. The number of fused-ring (bicyclic) bond motifs is 1. The van der Waals surface area contributed by atoms with Gasteiger partial charge in [-0.25, -0.2) is 0 Å². The van der Waals surface area contributed by atoms with E-state index >= 15 is 0 Å². The van der Waals surface area contributed by atoms with Gasteiger partial charge in [0.1, 0.15) is 0 Å². The minimum Gasteiger partial charge on any atom is -0.481 e. The molecule has 2 rings (SSSR count). The monoisotopic (exact) mass is 226 g/mol. The van der Waals surface area contributed by atoms with E-state index < -0.39 is 11.4 Å². The number of rotatable bonds is 4. The zero-order valence-electron chi connectivity index (χ0n) is 10.5. The first kappa shape index (κ1) is 11.9. The predicted molar refractivity (Wildman–Crippen MR) is 61.2 cm³/mol. The number of aliphatic carboxylic acids is 1. The second kappa shape index (κ2) is 3.73. The molecule has 3 nitrogen and oxygen atoms in total. The zero-order valence-corrected chi connectivity index (χ0v) is 10.5. The fraction of sp³-hybridized carbons (Fsp3) is 0.923. The van der Waals surface area contributed by atoms with Gasteiger partial charge in [0.25, 0.3) is 0 Å². The first-order chi connectivity index (χ1) is 7.32. The highest BCUT2D eigenvalue weighted by Crippen LogP contribution is 2.61. The third kappa shape index (κ3) is 2.40. The second-order valence-corrected chi connectivity index (χ2v) is 6.46. The lowest BCUT2D eigenvalue weighted by Crippen LogP contribution is -2.32. The summed E-state index contributed by atoms with van der Waals surface area (Å²) in [5, 5.41) is 9.38. The Hall–Kier alpha value is -0.570. The Kier molecular flexibility index (Phi) is 2.77. The zero-order chi connectivity index (χ0) is 12.0. The van der Waals surface area contributed by atoms with Crippen LogP contribution in [0.25, 0.3) is 0 Å². The summed E-state index contributed by atoms with van der Waals surface area (Å²) in [5.41, 5.74) is -0.639. The summed E-state index contributed by atoms with van der Waals surface area (Å²) in [6, 6.07) is 0. The van der Waals surface area contributed by atoms with Gasteiger partial charge in [-0.3, -0.25) is 4.79 Å². The number of carboxylic acids is 1. The molecule has 2 fully saturated rings. The van der Waals surface area contributed by atoms with Gasteiger partial charge in [-0.2, -0.15) is 0 Å². The minimum atomic E-state index is -0.614. The molecule has 0 aromatic carbocycles. The highest BCUT2D eigenvalue weighted by Gasteiger charge is 2.57. The molecule has 0 bridgehead atoms. The molecule has 2 aliphatic carbocycles. The van der Waals surface area contributed by atoms with Crippen LogP contribution >= 0.6 is 0 Å². The van der Waals surface area contributed by atoms with Gasteiger partial charge in [-0.1, -0.05) is 0 Å². The van der Waals surface area contributed by atoms with Crippen molar-refractivity contribution in [3.63, 3.8) is 0 Å². The topological polar surface area (TPSA) is 46.5 Å². The molecule has 0 spiro atoms. The van der Waals surface area contributed by atoms with Crippen LogP contribution in [0.3, 0.4) is 0 Å². The van der Waals surface area contributed by atoms with Crippen molar-refractivity contribution < 1.29 is 14.6 Å². The van der Waals surface area contributed by atoms with Crippen LogP contribution in [0, 0.1) is 17.3 Å². The van der Waals surface area contributed by atoms with Crippen LogP contribution in [0.15, 0.2) is 0 Å². The van der Waals surface area contributed by atoms with Crippen molar-refractivity contribution in [2.75, 3.05) is 6.61 Å². The maximum atomic E-state index is 11.4. The van der Waals surface area contributed by atoms with Gasteiger partial charge in [0, 0.05) is 6.61 Å². The lowest BCUT2D eigenvalue weighted by molar-refractivity contribution is -0.151. The van der Waals surface area contributed by atoms with Crippen LogP contribution in [-0.2, 0) is 9.53 Å². The summed E-state index contributed by atoms with van der Waals surface area (Å²) >= 11 is 0. The number of carboxylic acid groups (broad SMARTS) is 1. The van der Waals surface area contributed by atoms with E-state index in [4.69, 9.17) is 4.74 Å². The van der Waals surface area contributed by atoms with Crippen molar-refractivity contribution >= 4 is 5.97 Å². The Labute approximate surface area is 97.2 Å². The maximum absolute atomic E-state index is 11.4. The molecule has 2 atom stereocenters. The molecular weight excluding hydrogens is 204 g/mol. The first-order valence-corrected chi connectivity index (χ1v) is 6.20. The third-order valence-corrected chi connectivity index (χ3v) is 3.94. The van der Waals surface area contributed by atoms with Crippen LogP contribution < -0.4 is 0 Å². The highest BCUT2D eigenvalue weighted by atomic mass is 16.5. The molecule has 0 heterocycles. The van der Waals surface area contributed by atoms with E-state index in [0.29, 0.717) is 24.9 Å². The van der Waals surface area contributed by atoms with Gasteiger partial charge in [0.05, 0.1) is 11.0 Å². The fourth-order valence-corrected chi connectivity index (χ4v) is 2.94. The molecule has 2 aliphatic rings. The summed E-state index contributed by atoms with van der Waals surface area (Å²) in [5.74, 6) is 0.786. The Morgan fingerprint density at radius 1 is 1.38 bits per heavy atom. The molecule has 16 heavy (non-hydrogen) atoms. The van der Waals surface area contributed by atoms with E-state index in [1.807, 2.05) is 20.8 Å². The highest BCUT2D eigenvalue weighted by molar-refractivity contribution is 5.75. The van der Waals surface area contributed by atoms with Gasteiger partial charge < -0.3 is 9.84 Å². The molecule has 0 aromatic rings. The Bertz CT molecular complexity index is 280. The van der Waals surface area contributed by atoms with Crippen LogP contribution in [0.2, 0.25) is 0 Å². The van der Waals surface area contributed by atoms with Crippen molar-refractivity contribution in [1.29, 1.82) is 0 Å². The number of ether oxygens (including phenoxy) is 1. The lowest BCUT2D eigenvalue weighted by Gasteiger charge is -2.28. The minimum absolute atomic E-state index is 0.165. The van der Waals surface area contributed by atoms with Crippen LogP contribution in [-0.4, -0.2) is 23.3 Å². The van der Waals surface area contributed by atoms with E-state index in [1.165, 1.54) is 6.42 Å². The average molecular weight is 226 g/mol. The SMILES string of the molecule is CC(C)(C)OCCC1(C(=O)O)CC2CC2C1. The molecule has 0 amide bonds. The van der Waals surface area contributed by atoms with Crippen LogP contribution in [0.1, 0.15) is 46.5 Å². The normalized spacial score (nSPS) is 37.2. The molecule has 0 saturated heterocycles. The molecule has 2 saturated carbocycles. The molecule has 92 valence electrons. The van der Waals surface area contributed by atoms with Gasteiger partial charge in [-0.15, -0.1) is 0 Å². The number of hydrogen-bond donors (Lipinski definition) is 1. The van der Waals surface area contributed by atoms with Gasteiger partial charge in [0.15, 0.2) is 0 Å². The predicted octanol–water partition coefficient (Wildman–Crippen LogP) is 2.69. The van der Waals surface area contributed by atoms with E-state index in [9.17, 15) is 9.90 Å².